The van der Waals surface area contributed by atoms with Crippen LogP contribution in [0, 0.1) is 5.92 Å². The van der Waals surface area contributed by atoms with E-state index in [9.17, 15) is 5.11 Å². The molecule has 5 atom stereocenters. The zero-order valence-electron chi connectivity index (χ0n) is 16.2. The molecule has 2 aromatic rings. The van der Waals surface area contributed by atoms with Crippen LogP contribution >= 0.6 is 11.6 Å². The number of ether oxygens (including phenoxy) is 3. The normalized spacial score (nSPS) is 26.9. The molecule has 0 spiro atoms. The van der Waals surface area contributed by atoms with Gasteiger partial charge in [0.05, 0.1) is 24.6 Å². The van der Waals surface area contributed by atoms with Crippen LogP contribution < -0.4 is 0 Å². The van der Waals surface area contributed by atoms with Crippen molar-refractivity contribution in [1.29, 1.82) is 0 Å². The Bertz CT molecular complexity index is 941. The van der Waals surface area contributed by atoms with Gasteiger partial charge in [0.25, 0.3) is 0 Å². The molecule has 0 radical (unpaired) electrons. The molecule has 1 aliphatic heterocycles. The van der Waals surface area contributed by atoms with Gasteiger partial charge in [0.15, 0.2) is 12.5 Å². The molecular weight excluding hydrogens is 397 g/mol. The van der Waals surface area contributed by atoms with E-state index in [2.05, 4.69) is 0 Å². The number of hydrogen-bond donors (Lipinski definition) is 1. The van der Waals surface area contributed by atoms with E-state index in [0.29, 0.717) is 5.02 Å². The number of benzene rings is 1. The number of allylic oxidation sites excluding steroid dienone is 3. The average molecular weight is 420 g/mol. The monoisotopic (exact) mass is 419 g/mol. The summed E-state index contributed by atoms with van der Waals surface area (Å²) < 4.78 is 34.0. The maximum atomic E-state index is 15.3. The van der Waals surface area contributed by atoms with Gasteiger partial charge in [0, 0.05) is 36.2 Å². The Morgan fingerprint density at radius 2 is 2.14 bits per heavy atom. The smallest absolute Gasteiger partial charge is 0.166 e. The van der Waals surface area contributed by atoms with Crippen molar-refractivity contribution < 1.29 is 23.7 Å². The van der Waals surface area contributed by atoms with Crippen LogP contribution in [-0.2, 0) is 14.2 Å². The number of methoxy groups -OCH3 is 2. The lowest BCUT2D eigenvalue weighted by Crippen LogP contribution is -2.29. The van der Waals surface area contributed by atoms with E-state index >= 15 is 4.39 Å². The van der Waals surface area contributed by atoms with E-state index in [4.69, 9.17) is 25.8 Å². The zero-order chi connectivity index (χ0) is 20.5. The van der Waals surface area contributed by atoms with Crippen molar-refractivity contribution in [2.24, 2.45) is 5.92 Å². The molecule has 4 rings (SSSR count). The third-order valence-corrected chi connectivity index (χ3v) is 5.69. The number of halogens is 2. The predicted octanol–water partition coefficient (Wildman–Crippen LogP) is 4.65. The highest BCUT2D eigenvalue weighted by molar-refractivity contribution is 6.30. The first-order valence-electron chi connectivity index (χ1n) is 9.43. The lowest BCUT2D eigenvalue weighted by Gasteiger charge is -2.32. The molecular formula is C22H23ClFNO4. The minimum atomic E-state index is -1.37. The fourth-order valence-corrected chi connectivity index (χ4v) is 4.20. The lowest BCUT2D eigenvalue weighted by molar-refractivity contribution is -0.129. The molecule has 5 unspecified atom stereocenters. The Labute approximate surface area is 173 Å². The molecule has 2 heterocycles. The van der Waals surface area contributed by atoms with E-state index in [-0.39, 0.29) is 12.2 Å². The molecule has 1 aliphatic carbocycles. The SMILES string of the molecule is COC1=CC=CC(C2OC(CC(O)OC)c3cccn3-c3ccc(Cl)cc32)C1F. The van der Waals surface area contributed by atoms with Gasteiger partial charge < -0.3 is 23.9 Å². The third kappa shape index (κ3) is 3.73. The van der Waals surface area contributed by atoms with Crippen molar-refractivity contribution >= 4 is 11.6 Å². The molecule has 0 amide bonds. The fourth-order valence-electron chi connectivity index (χ4n) is 4.02. The molecule has 0 fully saturated rings. The van der Waals surface area contributed by atoms with E-state index in [0.717, 1.165) is 16.9 Å². The predicted molar refractivity (Wildman–Crippen MR) is 108 cm³/mol. The summed E-state index contributed by atoms with van der Waals surface area (Å²) in [6, 6.07) is 9.35. The van der Waals surface area contributed by atoms with Crippen LogP contribution in [0.15, 0.2) is 60.5 Å². The van der Waals surface area contributed by atoms with Crippen LogP contribution in [0.2, 0.25) is 5.02 Å². The van der Waals surface area contributed by atoms with Crippen LogP contribution in [0.5, 0.6) is 0 Å². The molecule has 154 valence electrons. The van der Waals surface area contributed by atoms with Crippen molar-refractivity contribution in [3.05, 3.63) is 76.8 Å². The molecule has 0 bridgehead atoms. The summed E-state index contributed by atoms with van der Waals surface area (Å²) in [5.74, 6) is -0.360. The van der Waals surface area contributed by atoms with Crippen molar-refractivity contribution in [2.45, 2.75) is 31.1 Å². The van der Waals surface area contributed by atoms with Gasteiger partial charge in [-0.05, 0) is 36.4 Å². The van der Waals surface area contributed by atoms with Crippen LogP contribution in [-0.4, -0.2) is 36.4 Å². The highest BCUT2D eigenvalue weighted by atomic mass is 35.5. The van der Waals surface area contributed by atoms with E-state index in [1.54, 1.807) is 24.3 Å². The van der Waals surface area contributed by atoms with Gasteiger partial charge >= 0.3 is 0 Å². The maximum absolute atomic E-state index is 15.3. The van der Waals surface area contributed by atoms with Crippen LogP contribution in [0.4, 0.5) is 4.39 Å². The van der Waals surface area contributed by atoms with Crippen LogP contribution in [0.25, 0.3) is 5.69 Å². The van der Waals surface area contributed by atoms with Gasteiger partial charge in [-0.15, -0.1) is 0 Å². The fraction of sp³-hybridized carbons (Fsp3) is 0.364. The van der Waals surface area contributed by atoms with Gasteiger partial charge in [0.1, 0.15) is 11.9 Å². The molecule has 0 saturated heterocycles. The molecule has 0 saturated carbocycles. The van der Waals surface area contributed by atoms with Crippen LogP contribution in [0.3, 0.4) is 0 Å². The summed E-state index contributed by atoms with van der Waals surface area (Å²) in [6.45, 7) is 0. The quantitative estimate of drug-likeness (QED) is 0.716. The number of fused-ring (bicyclic) bond motifs is 3. The van der Waals surface area contributed by atoms with E-state index in [1.807, 2.05) is 35.0 Å². The van der Waals surface area contributed by atoms with Gasteiger partial charge in [0.2, 0.25) is 0 Å². The summed E-state index contributed by atoms with van der Waals surface area (Å²) in [5.41, 5.74) is 2.49. The minimum absolute atomic E-state index is 0.207. The van der Waals surface area contributed by atoms with Crippen molar-refractivity contribution in [2.75, 3.05) is 14.2 Å². The second kappa shape index (κ2) is 8.32. The summed E-state index contributed by atoms with van der Waals surface area (Å²) in [7, 11) is 2.89. The summed E-state index contributed by atoms with van der Waals surface area (Å²) in [6.07, 6.45) is 3.79. The average Bonchev–Trinajstić information content (AvgIpc) is 3.17. The number of aliphatic hydroxyl groups excluding tert-OH is 1. The van der Waals surface area contributed by atoms with Gasteiger partial charge in [-0.1, -0.05) is 23.8 Å². The summed E-state index contributed by atoms with van der Waals surface area (Å²) >= 11 is 6.30. The highest BCUT2D eigenvalue weighted by Gasteiger charge is 2.40. The Hall–Kier alpha value is -2.12. The van der Waals surface area contributed by atoms with E-state index in [1.165, 1.54) is 14.2 Å². The number of hydrogen-bond acceptors (Lipinski definition) is 4. The Balaban J connectivity index is 1.82. The molecule has 2 aliphatic rings. The first-order chi connectivity index (χ1) is 14.0. The minimum Gasteiger partial charge on any atom is -0.498 e. The first kappa shape index (κ1) is 20.2. The Morgan fingerprint density at radius 3 is 2.90 bits per heavy atom. The molecule has 1 aromatic heterocycles. The molecule has 29 heavy (non-hydrogen) atoms. The first-order valence-corrected chi connectivity index (χ1v) is 9.81. The number of alkyl halides is 1. The molecule has 5 nitrogen and oxygen atoms in total. The van der Waals surface area contributed by atoms with Crippen molar-refractivity contribution in [3.63, 3.8) is 0 Å². The van der Waals surface area contributed by atoms with Crippen molar-refractivity contribution in [3.8, 4) is 5.69 Å². The standard InChI is InChI=1S/C22H23ClFNO4/c1-27-18-7-3-5-14(21(18)24)22-15-11-13(23)8-9-16(15)25-10-4-6-17(25)19(29-22)12-20(26)28-2/h3-11,14,19-22,26H,12H2,1-2H3. The topological polar surface area (TPSA) is 52.9 Å². The third-order valence-electron chi connectivity index (χ3n) is 5.45. The zero-order valence-corrected chi connectivity index (χ0v) is 16.9. The van der Waals surface area contributed by atoms with Crippen LogP contribution in [0.1, 0.15) is 29.9 Å². The summed E-state index contributed by atoms with van der Waals surface area (Å²) in [5, 5.41) is 10.6. The lowest BCUT2D eigenvalue weighted by atomic mass is 9.87. The van der Waals surface area contributed by atoms with Crippen molar-refractivity contribution in [1.82, 2.24) is 4.57 Å². The summed E-state index contributed by atoms with van der Waals surface area (Å²) in [4.78, 5) is 0. The Morgan fingerprint density at radius 1 is 1.31 bits per heavy atom. The maximum Gasteiger partial charge on any atom is 0.166 e. The molecule has 1 N–H and O–H groups in total. The Kier molecular flexibility index (Phi) is 5.79. The molecule has 1 aromatic carbocycles. The van der Waals surface area contributed by atoms with Gasteiger partial charge in [-0.2, -0.15) is 0 Å². The largest absolute Gasteiger partial charge is 0.498 e. The van der Waals surface area contributed by atoms with E-state index < -0.39 is 30.6 Å². The second-order valence-corrected chi connectivity index (χ2v) is 7.55. The number of nitrogens with zero attached hydrogens (tertiary/aromatic N) is 1. The number of rotatable bonds is 5. The van der Waals surface area contributed by atoms with Gasteiger partial charge in [-0.3, -0.25) is 0 Å². The van der Waals surface area contributed by atoms with Gasteiger partial charge in [-0.25, -0.2) is 4.39 Å². The number of aliphatic hydroxyl groups is 1. The highest BCUT2D eigenvalue weighted by Crippen LogP contribution is 2.45. The second-order valence-electron chi connectivity index (χ2n) is 7.11. The molecule has 7 heteroatoms. The number of aromatic nitrogens is 1.